The van der Waals surface area contributed by atoms with Crippen molar-refractivity contribution in [2.24, 2.45) is 0 Å². The van der Waals surface area contributed by atoms with E-state index in [4.69, 9.17) is 0 Å². The van der Waals surface area contributed by atoms with Gasteiger partial charge in [-0.1, -0.05) is 6.07 Å². The minimum atomic E-state index is -0.395. The summed E-state index contributed by atoms with van der Waals surface area (Å²) in [5.74, 6) is -1.06. The third kappa shape index (κ3) is 2.85. The summed E-state index contributed by atoms with van der Waals surface area (Å²) < 4.78 is 0. The first kappa shape index (κ1) is 13.4. The molecule has 0 saturated heterocycles. The highest BCUT2D eigenvalue weighted by Crippen LogP contribution is 2.29. The number of carbonyl (C=O) groups excluding carboxylic acids is 1. The average Bonchev–Trinajstić information content (AvgIpc) is 2.77. The zero-order chi connectivity index (χ0) is 14.0. The van der Waals surface area contributed by atoms with Crippen molar-refractivity contribution in [1.29, 1.82) is 0 Å². The van der Waals surface area contributed by atoms with Crippen LogP contribution in [0.5, 0.6) is 11.5 Å². The Kier molecular flexibility index (Phi) is 3.71. The number of phenolic OH excluding ortho intramolecular Hbond substituents is 2. The predicted octanol–water partition coefficient (Wildman–Crippen LogP) is 2.13. The van der Waals surface area contributed by atoms with Crippen LogP contribution in [-0.2, 0) is 6.54 Å². The molecule has 0 bridgehead atoms. The normalized spacial score (nSPS) is 10.4. The lowest BCUT2D eigenvalue weighted by Crippen LogP contribution is -2.26. The summed E-state index contributed by atoms with van der Waals surface area (Å²) in [5.41, 5.74) is 0.882. The number of hydrogen-bond donors (Lipinski definition) is 2. The number of benzene rings is 1. The number of rotatable bonds is 3. The van der Waals surface area contributed by atoms with Crippen molar-refractivity contribution >= 4 is 17.2 Å². The van der Waals surface area contributed by atoms with Crippen molar-refractivity contribution in [2.45, 2.75) is 13.5 Å². The number of aryl methyl sites for hydroxylation is 1. The van der Waals surface area contributed by atoms with E-state index in [1.165, 1.54) is 34.4 Å². The molecule has 0 atom stereocenters. The van der Waals surface area contributed by atoms with Crippen molar-refractivity contribution < 1.29 is 15.0 Å². The number of amides is 1. The molecular formula is C13H14N2O3S. The summed E-state index contributed by atoms with van der Waals surface area (Å²) in [7, 11) is 1.63. The van der Waals surface area contributed by atoms with Gasteiger partial charge in [0.25, 0.3) is 5.91 Å². The van der Waals surface area contributed by atoms with E-state index < -0.39 is 5.75 Å². The fraction of sp³-hybridized carbons (Fsp3) is 0.231. The van der Waals surface area contributed by atoms with Crippen LogP contribution in [0.25, 0.3) is 0 Å². The lowest BCUT2D eigenvalue weighted by Gasteiger charge is -2.16. The third-order valence-electron chi connectivity index (χ3n) is 2.66. The molecule has 1 aromatic heterocycles. The van der Waals surface area contributed by atoms with E-state index in [-0.39, 0.29) is 17.2 Å². The number of para-hydroxylation sites is 1. The van der Waals surface area contributed by atoms with Crippen LogP contribution in [0, 0.1) is 6.92 Å². The van der Waals surface area contributed by atoms with Gasteiger partial charge in [-0.15, -0.1) is 11.3 Å². The monoisotopic (exact) mass is 278 g/mol. The molecule has 0 aliphatic rings. The van der Waals surface area contributed by atoms with Gasteiger partial charge in [-0.3, -0.25) is 4.79 Å². The van der Waals surface area contributed by atoms with Crippen molar-refractivity contribution in [3.05, 3.63) is 39.8 Å². The lowest BCUT2D eigenvalue weighted by molar-refractivity contribution is 0.0780. The second kappa shape index (κ2) is 5.27. The van der Waals surface area contributed by atoms with Gasteiger partial charge in [-0.25, -0.2) is 4.98 Å². The Balaban J connectivity index is 2.17. The van der Waals surface area contributed by atoms with E-state index >= 15 is 0 Å². The highest BCUT2D eigenvalue weighted by atomic mass is 32.1. The molecule has 0 radical (unpaired) electrons. The van der Waals surface area contributed by atoms with Crippen LogP contribution in [0.1, 0.15) is 21.1 Å². The molecule has 1 heterocycles. The molecule has 1 aromatic carbocycles. The van der Waals surface area contributed by atoms with E-state index in [1.54, 1.807) is 7.05 Å². The molecule has 0 saturated carbocycles. The second-order valence-electron chi connectivity index (χ2n) is 4.19. The Morgan fingerprint density at radius 3 is 2.79 bits per heavy atom. The molecule has 2 aromatic rings. The Morgan fingerprint density at radius 1 is 1.42 bits per heavy atom. The van der Waals surface area contributed by atoms with E-state index in [0.717, 1.165) is 10.7 Å². The molecule has 100 valence electrons. The Bertz CT molecular complexity index is 610. The maximum absolute atomic E-state index is 12.2. The van der Waals surface area contributed by atoms with E-state index in [9.17, 15) is 15.0 Å². The van der Waals surface area contributed by atoms with Gasteiger partial charge in [-0.2, -0.15) is 0 Å². The molecule has 0 aliphatic carbocycles. The summed E-state index contributed by atoms with van der Waals surface area (Å²) >= 11 is 1.52. The first-order chi connectivity index (χ1) is 8.99. The first-order valence-corrected chi connectivity index (χ1v) is 6.54. The van der Waals surface area contributed by atoms with Crippen molar-refractivity contribution in [1.82, 2.24) is 9.88 Å². The number of hydrogen-bond acceptors (Lipinski definition) is 5. The van der Waals surface area contributed by atoms with Gasteiger partial charge in [-0.05, 0) is 19.1 Å². The highest BCUT2D eigenvalue weighted by Gasteiger charge is 2.18. The molecule has 0 aliphatic heterocycles. The zero-order valence-corrected chi connectivity index (χ0v) is 11.4. The van der Waals surface area contributed by atoms with Gasteiger partial charge in [0.2, 0.25) is 0 Å². The molecule has 1 amide bonds. The van der Waals surface area contributed by atoms with Gasteiger partial charge in [0.15, 0.2) is 11.5 Å². The van der Waals surface area contributed by atoms with Gasteiger partial charge in [0, 0.05) is 12.4 Å². The van der Waals surface area contributed by atoms with Crippen LogP contribution in [-0.4, -0.2) is 33.1 Å². The highest BCUT2D eigenvalue weighted by molar-refractivity contribution is 7.09. The van der Waals surface area contributed by atoms with Crippen molar-refractivity contribution in [3.63, 3.8) is 0 Å². The maximum atomic E-state index is 12.2. The van der Waals surface area contributed by atoms with Crippen molar-refractivity contribution in [3.8, 4) is 11.5 Å². The molecular weight excluding hydrogens is 264 g/mol. The van der Waals surface area contributed by atoms with Crippen LogP contribution in [0.3, 0.4) is 0 Å². The SMILES string of the molecule is Cc1nc(CN(C)C(=O)c2cccc(O)c2O)cs1. The Labute approximate surface area is 114 Å². The van der Waals surface area contributed by atoms with Gasteiger partial charge >= 0.3 is 0 Å². The zero-order valence-electron chi connectivity index (χ0n) is 10.6. The number of thiazole rings is 1. The standard InChI is InChI=1S/C13H14N2O3S/c1-8-14-9(7-19-8)6-15(2)13(18)10-4-3-5-11(16)12(10)17/h3-5,7,16-17H,6H2,1-2H3. The smallest absolute Gasteiger partial charge is 0.257 e. The predicted molar refractivity (Wildman–Crippen MR) is 72.4 cm³/mol. The Morgan fingerprint density at radius 2 is 2.16 bits per heavy atom. The molecule has 5 nitrogen and oxygen atoms in total. The first-order valence-electron chi connectivity index (χ1n) is 5.66. The van der Waals surface area contributed by atoms with Crippen LogP contribution >= 0.6 is 11.3 Å². The van der Waals surface area contributed by atoms with E-state index in [2.05, 4.69) is 4.98 Å². The summed E-state index contributed by atoms with van der Waals surface area (Å²) in [6.45, 7) is 2.26. The summed E-state index contributed by atoms with van der Waals surface area (Å²) in [4.78, 5) is 17.9. The number of carbonyl (C=O) groups is 1. The quantitative estimate of drug-likeness (QED) is 0.844. The number of phenols is 2. The Hall–Kier alpha value is -2.08. The average molecular weight is 278 g/mol. The van der Waals surface area contributed by atoms with Crippen LogP contribution in [0.4, 0.5) is 0 Å². The summed E-state index contributed by atoms with van der Waals surface area (Å²) in [6.07, 6.45) is 0. The maximum Gasteiger partial charge on any atom is 0.257 e. The van der Waals surface area contributed by atoms with Crippen LogP contribution in [0.15, 0.2) is 23.6 Å². The van der Waals surface area contributed by atoms with Crippen LogP contribution < -0.4 is 0 Å². The van der Waals surface area contributed by atoms with Gasteiger partial charge in [0.05, 0.1) is 22.8 Å². The van der Waals surface area contributed by atoms with Crippen molar-refractivity contribution in [2.75, 3.05) is 7.05 Å². The summed E-state index contributed by atoms with van der Waals surface area (Å²) in [6, 6.07) is 4.32. The molecule has 2 rings (SSSR count). The van der Waals surface area contributed by atoms with Crippen LogP contribution in [0.2, 0.25) is 0 Å². The molecule has 0 unspecified atom stereocenters. The number of aromatic hydroxyl groups is 2. The molecule has 6 heteroatoms. The second-order valence-corrected chi connectivity index (χ2v) is 5.25. The molecule has 0 spiro atoms. The van der Waals surface area contributed by atoms with E-state index in [0.29, 0.717) is 6.54 Å². The van der Waals surface area contributed by atoms with Gasteiger partial charge in [0.1, 0.15) is 0 Å². The lowest BCUT2D eigenvalue weighted by atomic mass is 10.1. The topological polar surface area (TPSA) is 73.7 Å². The largest absolute Gasteiger partial charge is 0.504 e. The summed E-state index contributed by atoms with van der Waals surface area (Å²) in [5, 5.41) is 21.9. The molecule has 2 N–H and O–H groups in total. The molecule has 19 heavy (non-hydrogen) atoms. The fourth-order valence-corrected chi connectivity index (χ4v) is 2.31. The number of aromatic nitrogens is 1. The minimum absolute atomic E-state index is 0.0782. The third-order valence-corrected chi connectivity index (χ3v) is 3.48. The minimum Gasteiger partial charge on any atom is -0.504 e. The van der Waals surface area contributed by atoms with Gasteiger partial charge < -0.3 is 15.1 Å². The molecule has 0 fully saturated rings. The number of nitrogens with zero attached hydrogens (tertiary/aromatic N) is 2. The fourth-order valence-electron chi connectivity index (χ4n) is 1.71. The van der Waals surface area contributed by atoms with E-state index in [1.807, 2.05) is 12.3 Å².